The minimum absolute atomic E-state index is 0.236. The van der Waals surface area contributed by atoms with Crippen LogP contribution in [0.4, 0.5) is 0 Å². The largest absolute Gasteiger partial charge is 0.497 e. The summed E-state index contributed by atoms with van der Waals surface area (Å²) in [6.45, 7) is 2.95. The molecule has 3 rings (SSSR count). The summed E-state index contributed by atoms with van der Waals surface area (Å²) in [5, 5.41) is 14.0. The number of fused-ring (bicyclic) bond motifs is 1. The summed E-state index contributed by atoms with van der Waals surface area (Å²) < 4.78 is 11.1. The molecule has 1 aromatic carbocycles. The number of likely N-dealkylation sites (N-methyl/N-ethyl adjacent to an activating group) is 1. The first-order valence-electron chi connectivity index (χ1n) is 7.52. The first-order chi connectivity index (χ1) is 10.1. The average Bonchev–Trinajstić information content (AvgIpc) is 2.84. The Balaban J connectivity index is 1.58. The average molecular weight is 292 g/mol. The van der Waals surface area contributed by atoms with Crippen LogP contribution < -0.4 is 14.8 Å². The summed E-state index contributed by atoms with van der Waals surface area (Å²) in [6.07, 6.45) is 1.73. The third-order valence-electron chi connectivity index (χ3n) is 4.42. The van der Waals surface area contributed by atoms with Gasteiger partial charge in [0.25, 0.3) is 0 Å². The second kappa shape index (κ2) is 5.83. The number of rotatable bonds is 4. The summed E-state index contributed by atoms with van der Waals surface area (Å²) in [7, 11) is 3.72. The molecule has 2 N–H and O–H groups in total. The highest BCUT2D eigenvalue weighted by molar-refractivity contribution is 5.42. The molecule has 5 nitrogen and oxygen atoms in total. The minimum Gasteiger partial charge on any atom is -0.497 e. The maximum absolute atomic E-state index is 10.5. The zero-order valence-electron chi connectivity index (χ0n) is 12.8. The molecule has 0 radical (unpaired) electrons. The maximum Gasteiger partial charge on any atom is 0.122 e. The SMILES string of the molecule is COc1ccc2c(c1)C[C@@H](NC[C@]1(O)CCN(C)C1)CO2. The molecule has 1 aromatic rings. The predicted octanol–water partition coefficient (Wildman–Crippen LogP) is 0.655. The number of nitrogens with zero attached hydrogens (tertiary/aromatic N) is 1. The quantitative estimate of drug-likeness (QED) is 0.854. The first-order valence-corrected chi connectivity index (χ1v) is 7.52. The van der Waals surface area contributed by atoms with Crippen molar-refractivity contribution in [3.63, 3.8) is 0 Å². The fourth-order valence-electron chi connectivity index (χ4n) is 3.17. The molecule has 0 aliphatic carbocycles. The lowest BCUT2D eigenvalue weighted by molar-refractivity contribution is 0.0462. The molecule has 5 heteroatoms. The van der Waals surface area contributed by atoms with Gasteiger partial charge >= 0.3 is 0 Å². The second-order valence-corrected chi connectivity index (χ2v) is 6.28. The second-order valence-electron chi connectivity index (χ2n) is 6.28. The van der Waals surface area contributed by atoms with Crippen LogP contribution in [0, 0.1) is 0 Å². The van der Waals surface area contributed by atoms with Crippen molar-refractivity contribution in [3.8, 4) is 11.5 Å². The van der Waals surface area contributed by atoms with Crippen LogP contribution in [0.3, 0.4) is 0 Å². The molecule has 0 saturated carbocycles. The van der Waals surface area contributed by atoms with E-state index in [0.717, 1.165) is 43.0 Å². The van der Waals surface area contributed by atoms with Gasteiger partial charge in [-0.2, -0.15) is 0 Å². The van der Waals surface area contributed by atoms with E-state index in [1.54, 1.807) is 7.11 Å². The number of nitrogens with one attached hydrogen (secondary N) is 1. The smallest absolute Gasteiger partial charge is 0.122 e. The van der Waals surface area contributed by atoms with Crippen LogP contribution in [0.1, 0.15) is 12.0 Å². The van der Waals surface area contributed by atoms with Gasteiger partial charge in [-0.15, -0.1) is 0 Å². The summed E-state index contributed by atoms with van der Waals surface area (Å²) in [6, 6.07) is 6.15. The van der Waals surface area contributed by atoms with Crippen molar-refractivity contribution in [3.05, 3.63) is 23.8 Å². The van der Waals surface area contributed by atoms with Crippen molar-refractivity contribution in [2.24, 2.45) is 0 Å². The van der Waals surface area contributed by atoms with Crippen molar-refractivity contribution in [1.82, 2.24) is 10.2 Å². The number of methoxy groups -OCH3 is 1. The Labute approximate surface area is 125 Å². The van der Waals surface area contributed by atoms with Gasteiger partial charge in [0.2, 0.25) is 0 Å². The topological polar surface area (TPSA) is 54.0 Å². The molecule has 0 amide bonds. The van der Waals surface area contributed by atoms with Gasteiger partial charge in [0, 0.05) is 25.7 Å². The van der Waals surface area contributed by atoms with Gasteiger partial charge < -0.3 is 24.8 Å². The van der Waals surface area contributed by atoms with Crippen molar-refractivity contribution in [2.45, 2.75) is 24.5 Å². The van der Waals surface area contributed by atoms with Crippen LogP contribution in [-0.4, -0.2) is 62.0 Å². The highest BCUT2D eigenvalue weighted by Gasteiger charge is 2.35. The molecule has 2 aliphatic rings. The number of ether oxygens (including phenoxy) is 2. The molecule has 21 heavy (non-hydrogen) atoms. The molecule has 0 aromatic heterocycles. The van der Waals surface area contributed by atoms with E-state index in [2.05, 4.69) is 10.2 Å². The molecule has 2 heterocycles. The lowest BCUT2D eigenvalue weighted by Gasteiger charge is -2.30. The number of aliphatic hydroxyl groups is 1. The molecule has 2 atom stereocenters. The Kier molecular flexibility index (Phi) is 4.06. The fourth-order valence-corrected chi connectivity index (χ4v) is 3.17. The Hall–Kier alpha value is -1.30. The van der Waals surface area contributed by atoms with E-state index in [4.69, 9.17) is 9.47 Å². The summed E-state index contributed by atoms with van der Waals surface area (Å²) in [5.74, 6) is 1.79. The molecular weight excluding hydrogens is 268 g/mol. The number of likely N-dealkylation sites (tertiary alicyclic amines) is 1. The van der Waals surface area contributed by atoms with Gasteiger partial charge in [0.05, 0.1) is 12.7 Å². The van der Waals surface area contributed by atoms with E-state index in [1.165, 1.54) is 0 Å². The van der Waals surface area contributed by atoms with Crippen LogP contribution in [0.2, 0.25) is 0 Å². The van der Waals surface area contributed by atoms with E-state index >= 15 is 0 Å². The van der Waals surface area contributed by atoms with E-state index in [1.807, 2.05) is 25.2 Å². The highest BCUT2D eigenvalue weighted by Crippen LogP contribution is 2.29. The monoisotopic (exact) mass is 292 g/mol. The normalized spacial score (nSPS) is 29.0. The molecule has 1 fully saturated rings. The molecular formula is C16H24N2O3. The van der Waals surface area contributed by atoms with Crippen LogP contribution in [-0.2, 0) is 6.42 Å². The minimum atomic E-state index is -0.608. The zero-order chi connectivity index (χ0) is 14.9. The Morgan fingerprint density at radius 3 is 3.10 bits per heavy atom. The van der Waals surface area contributed by atoms with Gasteiger partial charge in [0.15, 0.2) is 0 Å². The number of hydrogen-bond donors (Lipinski definition) is 2. The third-order valence-corrected chi connectivity index (χ3v) is 4.42. The van der Waals surface area contributed by atoms with Crippen molar-refractivity contribution in [1.29, 1.82) is 0 Å². The Bertz CT molecular complexity index is 508. The third kappa shape index (κ3) is 3.31. The van der Waals surface area contributed by atoms with Crippen molar-refractivity contribution >= 4 is 0 Å². The van der Waals surface area contributed by atoms with Gasteiger partial charge in [-0.05, 0) is 43.7 Å². The molecule has 116 valence electrons. The van der Waals surface area contributed by atoms with Crippen molar-refractivity contribution < 1.29 is 14.6 Å². The van der Waals surface area contributed by atoms with E-state index in [9.17, 15) is 5.11 Å². The zero-order valence-corrected chi connectivity index (χ0v) is 12.8. The Morgan fingerprint density at radius 1 is 1.52 bits per heavy atom. The predicted molar refractivity (Wildman–Crippen MR) is 81.0 cm³/mol. The van der Waals surface area contributed by atoms with Gasteiger partial charge in [0.1, 0.15) is 18.1 Å². The number of β-amino-alcohol motifs (C(OH)–C–C–N with tert-alkyl or cyclic N) is 1. The summed E-state index contributed by atoms with van der Waals surface area (Å²) >= 11 is 0. The lowest BCUT2D eigenvalue weighted by atomic mass is 9.99. The van der Waals surface area contributed by atoms with Crippen LogP contribution in [0.25, 0.3) is 0 Å². The number of benzene rings is 1. The molecule has 1 saturated heterocycles. The molecule has 0 bridgehead atoms. The van der Waals surface area contributed by atoms with E-state index in [-0.39, 0.29) is 6.04 Å². The first kappa shape index (κ1) is 14.6. The van der Waals surface area contributed by atoms with Crippen LogP contribution in [0.15, 0.2) is 18.2 Å². The van der Waals surface area contributed by atoms with Crippen molar-refractivity contribution in [2.75, 3.05) is 40.4 Å². The Morgan fingerprint density at radius 2 is 2.38 bits per heavy atom. The van der Waals surface area contributed by atoms with E-state index < -0.39 is 5.60 Å². The standard InChI is InChI=1S/C16H24N2O3/c1-18-6-5-16(19,11-18)10-17-13-7-12-8-14(20-2)3-4-15(12)21-9-13/h3-4,8,13,17,19H,5-7,9-11H2,1-2H3/t13-,16-/m1/s1. The number of hydrogen-bond acceptors (Lipinski definition) is 5. The molecule has 0 unspecified atom stereocenters. The maximum atomic E-state index is 10.5. The summed E-state index contributed by atoms with van der Waals surface area (Å²) in [5.41, 5.74) is 0.553. The van der Waals surface area contributed by atoms with Gasteiger partial charge in [-0.1, -0.05) is 0 Å². The summed E-state index contributed by atoms with van der Waals surface area (Å²) in [4.78, 5) is 2.17. The molecule has 2 aliphatic heterocycles. The highest BCUT2D eigenvalue weighted by atomic mass is 16.5. The molecule has 0 spiro atoms. The lowest BCUT2D eigenvalue weighted by Crippen LogP contribution is -2.49. The van der Waals surface area contributed by atoms with Gasteiger partial charge in [-0.3, -0.25) is 0 Å². The van der Waals surface area contributed by atoms with Crippen LogP contribution >= 0.6 is 0 Å². The van der Waals surface area contributed by atoms with Gasteiger partial charge in [-0.25, -0.2) is 0 Å². The fraction of sp³-hybridized carbons (Fsp3) is 0.625. The van der Waals surface area contributed by atoms with E-state index in [0.29, 0.717) is 13.2 Å². The van der Waals surface area contributed by atoms with Crippen LogP contribution in [0.5, 0.6) is 11.5 Å².